The van der Waals surface area contributed by atoms with Crippen LogP contribution in [-0.4, -0.2) is 32.7 Å². The number of aliphatic carboxylic acids is 1. The van der Waals surface area contributed by atoms with Gasteiger partial charge in [-0.05, 0) is 6.42 Å². The van der Waals surface area contributed by atoms with Crippen LogP contribution in [0, 0.1) is 0 Å². The van der Waals surface area contributed by atoms with Crippen molar-refractivity contribution >= 4 is 17.7 Å². The van der Waals surface area contributed by atoms with Crippen molar-refractivity contribution < 1.29 is 19.5 Å². The van der Waals surface area contributed by atoms with Gasteiger partial charge in [-0.1, -0.05) is 0 Å². The lowest BCUT2D eigenvalue weighted by atomic mass is 9.81. The van der Waals surface area contributed by atoms with Crippen molar-refractivity contribution in [2.45, 2.75) is 24.7 Å². The van der Waals surface area contributed by atoms with Gasteiger partial charge in [0.25, 0.3) is 5.91 Å². The number of nitrogens with one attached hydrogen (secondary N) is 1. The van der Waals surface area contributed by atoms with E-state index in [4.69, 9.17) is 5.73 Å². The van der Waals surface area contributed by atoms with Gasteiger partial charge in [-0.25, -0.2) is 4.98 Å². The summed E-state index contributed by atoms with van der Waals surface area (Å²) in [6.45, 7) is 0. The van der Waals surface area contributed by atoms with Crippen LogP contribution < -0.4 is 5.73 Å². The first-order chi connectivity index (χ1) is 7.97. The Kier molecular flexibility index (Phi) is 2.45. The van der Waals surface area contributed by atoms with E-state index < -0.39 is 17.3 Å². The van der Waals surface area contributed by atoms with E-state index in [0.29, 0.717) is 0 Å². The SMILES string of the molecule is NC(=O)c1nc[nH]c1C1(C(=O)O)CCC(=O)C1. The maximum Gasteiger partial charge on any atom is 0.316 e. The van der Waals surface area contributed by atoms with Crippen LogP contribution in [0.5, 0.6) is 0 Å². The zero-order valence-electron chi connectivity index (χ0n) is 8.90. The fourth-order valence-corrected chi connectivity index (χ4v) is 2.21. The highest BCUT2D eigenvalue weighted by molar-refractivity contribution is 5.98. The molecule has 1 aromatic heterocycles. The molecule has 0 aromatic carbocycles. The molecule has 1 aliphatic rings. The number of nitrogens with zero attached hydrogens (tertiary/aromatic N) is 1. The number of carbonyl (C=O) groups excluding carboxylic acids is 2. The number of carbonyl (C=O) groups is 3. The molecule has 1 amide bonds. The van der Waals surface area contributed by atoms with Crippen LogP contribution in [0.2, 0.25) is 0 Å². The Bertz CT molecular complexity index is 507. The van der Waals surface area contributed by atoms with Gasteiger partial charge in [-0.2, -0.15) is 0 Å². The van der Waals surface area contributed by atoms with Crippen LogP contribution in [0.3, 0.4) is 0 Å². The predicted octanol–water partition coefficient (Wildman–Crippen LogP) is -0.416. The first-order valence-corrected chi connectivity index (χ1v) is 5.06. The number of H-pyrrole nitrogens is 1. The standard InChI is InChI=1S/C10H11N3O4/c11-8(15)6-7(13-4-12-6)10(9(16)17)2-1-5(14)3-10/h4H,1-3H2,(H2,11,15)(H,12,13)(H,16,17). The molecular weight excluding hydrogens is 226 g/mol. The predicted molar refractivity (Wildman–Crippen MR) is 55.3 cm³/mol. The van der Waals surface area contributed by atoms with Crippen molar-refractivity contribution in [2.24, 2.45) is 5.73 Å². The van der Waals surface area contributed by atoms with Crippen LogP contribution in [0.15, 0.2) is 6.33 Å². The summed E-state index contributed by atoms with van der Waals surface area (Å²) < 4.78 is 0. The summed E-state index contributed by atoms with van der Waals surface area (Å²) in [5, 5.41) is 9.31. The van der Waals surface area contributed by atoms with E-state index >= 15 is 0 Å². The zero-order chi connectivity index (χ0) is 12.6. The van der Waals surface area contributed by atoms with E-state index in [1.165, 1.54) is 6.33 Å². The first kappa shape index (κ1) is 11.3. The molecule has 0 bridgehead atoms. The molecule has 1 heterocycles. The molecule has 0 aliphatic heterocycles. The third-order valence-corrected chi connectivity index (χ3v) is 3.09. The Morgan fingerprint density at radius 2 is 2.24 bits per heavy atom. The van der Waals surface area contributed by atoms with Gasteiger partial charge in [0.1, 0.15) is 16.9 Å². The molecule has 0 saturated heterocycles. The minimum absolute atomic E-state index is 0.109. The number of imidazole rings is 1. The molecule has 90 valence electrons. The van der Waals surface area contributed by atoms with Crippen molar-refractivity contribution in [1.82, 2.24) is 9.97 Å². The molecule has 2 rings (SSSR count). The van der Waals surface area contributed by atoms with Crippen LogP contribution in [0.25, 0.3) is 0 Å². The molecule has 1 aliphatic carbocycles. The Balaban J connectivity index is 2.54. The van der Waals surface area contributed by atoms with E-state index in [-0.39, 0.29) is 36.4 Å². The van der Waals surface area contributed by atoms with Gasteiger partial charge < -0.3 is 15.8 Å². The lowest BCUT2D eigenvalue weighted by Crippen LogP contribution is -2.36. The van der Waals surface area contributed by atoms with Gasteiger partial charge in [0.15, 0.2) is 0 Å². The number of hydrogen-bond donors (Lipinski definition) is 3. The maximum atomic E-state index is 11.4. The van der Waals surface area contributed by atoms with Gasteiger partial charge >= 0.3 is 5.97 Å². The Morgan fingerprint density at radius 3 is 2.71 bits per heavy atom. The van der Waals surface area contributed by atoms with Crippen molar-refractivity contribution in [2.75, 3.05) is 0 Å². The summed E-state index contributed by atoms with van der Waals surface area (Å²) in [7, 11) is 0. The highest BCUT2D eigenvalue weighted by Gasteiger charge is 2.49. The fourth-order valence-electron chi connectivity index (χ4n) is 2.21. The van der Waals surface area contributed by atoms with Crippen LogP contribution >= 0.6 is 0 Å². The average Bonchev–Trinajstić information content (AvgIpc) is 2.83. The van der Waals surface area contributed by atoms with Gasteiger partial charge in [0, 0.05) is 12.8 Å². The number of primary amides is 1. The van der Waals surface area contributed by atoms with Crippen molar-refractivity contribution in [1.29, 1.82) is 0 Å². The van der Waals surface area contributed by atoms with E-state index in [2.05, 4.69) is 9.97 Å². The quantitative estimate of drug-likeness (QED) is 0.658. The summed E-state index contributed by atoms with van der Waals surface area (Å²) in [5.41, 5.74) is 3.75. The summed E-state index contributed by atoms with van der Waals surface area (Å²) in [4.78, 5) is 40.2. The minimum atomic E-state index is -1.39. The largest absolute Gasteiger partial charge is 0.481 e. The number of carboxylic acid groups (broad SMARTS) is 1. The average molecular weight is 237 g/mol. The van der Waals surface area contributed by atoms with Crippen molar-refractivity contribution in [3.63, 3.8) is 0 Å². The third-order valence-electron chi connectivity index (χ3n) is 3.09. The molecule has 0 radical (unpaired) electrons. The fraction of sp³-hybridized carbons (Fsp3) is 0.400. The number of amides is 1. The zero-order valence-corrected chi connectivity index (χ0v) is 8.90. The van der Waals surface area contributed by atoms with Gasteiger partial charge in [0.2, 0.25) is 0 Å². The lowest BCUT2D eigenvalue weighted by Gasteiger charge is -2.21. The van der Waals surface area contributed by atoms with Gasteiger partial charge in [0.05, 0.1) is 12.0 Å². The molecule has 1 atom stereocenters. The molecular formula is C10H11N3O4. The molecule has 1 saturated carbocycles. The molecule has 17 heavy (non-hydrogen) atoms. The van der Waals surface area contributed by atoms with Crippen molar-refractivity contribution in [3.8, 4) is 0 Å². The van der Waals surface area contributed by atoms with E-state index in [1.807, 2.05) is 0 Å². The smallest absolute Gasteiger partial charge is 0.316 e. The van der Waals surface area contributed by atoms with E-state index in [0.717, 1.165) is 0 Å². The number of hydrogen-bond acceptors (Lipinski definition) is 4. The van der Waals surface area contributed by atoms with Gasteiger partial charge in [-0.15, -0.1) is 0 Å². The maximum absolute atomic E-state index is 11.4. The second kappa shape index (κ2) is 3.69. The molecule has 7 heteroatoms. The Hall–Kier alpha value is -2.18. The lowest BCUT2D eigenvalue weighted by molar-refractivity contribution is -0.144. The number of aromatic amines is 1. The highest BCUT2D eigenvalue weighted by atomic mass is 16.4. The summed E-state index contributed by atoms with van der Waals surface area (Å²) >= 11 is 0. The van der Waals surface area contributed by atoms with Crippen molar-refractivity contribution in [3.05, 3.63) is 17.7 Å². The summed E-state index contributed by atoms with van der Waals surface area (Å²) in [6.07, 6.45) is 1.42. The first-order valence-electron chi connectivity index (χ1n) is 5.06. The molecule has 4 N–H and O–H groups in total. The molecule has 1 unspecified atom stereocenters. The number of rotatable bonds is 3. The second-order valence-electron chi connectivity index (χ2n) is 4.09. The second-order valence-corrected chi connectivity index (χ2v) is 4.09. The topological polar surface area (TPSA) is 126 Å². The monoisotopic (exact) mass is 237 g/mol. The number of aromatic nitrogens is 2. The van der Waals surface area contributed by atoms with Gasteiger partial charge in [-0.3, -0.25) is 14.4 Å². The van der Waals surface area contributed by atoms with E-state index in [9.17, 15) is 19.5 Å². The van der Waals surface area contributed by atoms with Crippen LogP contribution in [-0.2, 0) is 15.0 Å². The molecule has 1 aromatic rings. The van der Waals surface area contributed by atoms with E-state index in [1.54, 1.807) is 0 Å². The number of ketones is 1. The summed E-state index contributed by atoms with van der Waals surface area (Å²) in [6, 6.07) is 0. The van der Waals surface area contributed by atoms with Crippen LogP contribution in [0.1, 0.15) is 35.4 Å². The third kappa shape index (κ3) is 1.59. The number of carboxylic acids is 1. The Morgan fingerprint density at radius 1 is 1.53 bits per heavy atom. The number of nitrogens with two attached hydrogens (primary N) is 1. The Labute approximate surface area is 96.0 Å². The molecule has 0 spiro atoms. The molecule has 1 fully saturated rings. The minimum Gasteiger partial charge on any atom is -0.481 e. The highest BCUT2D eigenvalue weighted by Crippen LogP contribution is 2.39. The molecule has 7 nitrogen and oxygen atoms in total. The summed E-state index contributed by atoms with van der Waals surface area (Å²) in [5.74, 6) is -2.09. The normalized spacial score (nSPS) is 23.9. The number of Topliss-reactive ketones (excluding diaryl/α,β-unsaturated/α-hetero) is 1. The van der Waals surface area contributed by atoms with Crippen LogP contribution in [0.4, 0.5) is 0 Å².